The van der Waals surface area contributed by atoms with E-state index in [2.05, 4.69) is 10.2 Å². The highest BCUT2D eigenvalue weighted by Gasteiger charge is 2.34. The zero-order chi connectivity index (χ0) is 10.9. The Morgan fingerprint density at radius 2 is 2.47 bits per heavy atom. The summed E-state index contributed by atoms with van der Waals surface area (Å²) >= 11 is 0. The molecule has 1 fully saturated rings. The van der Waals surface area contributed by atoms with Crippen molar-refractivity contribution in [1.29, 1.82) is 0 Å². The predicted octanol–water partition coefficient (Wildman–Crippen LogP) is 0.896. The molecule has 1 unspecified atom stereocenters. The maximum absolute atomic E-state index is 11.8. The number of aromatic amines is 1. The van der Waals surface area contributed by atoms with E-state index in [-0.39, 0.29) is 11.8 Å². The second-order valence-corrected chi connectivity index (χ2v) is 5.89. The van der Waals surface area contributed by atoms with E-state index in [4.69, 9.17) is 0 Å². The van der Waals surface area contributed by atoms with Gasteiger partial charge >= 0.3 is 0 Å². The van der Waals surface area contributed by atoms with Crippen molar-refractivity contribution >= 4 is 10.0 Å². The van der Waals surface area contributed by atoms with Gasteiger partial charge in [-0.3, -0.25) is 5.10 Å². The third kappa shape index (κ3) is 1.91. The Bertz CT molecular complexity index is 413. The molecule has 2 rings (SSSR count). The summed E-state index contributed by atoms with van der Waals surface area (Å²) in [6, 6.07) is 1.80. The highest BCUT2D eigenvalue weighted by molar-refractivity contribution is 7.89. The molecular formula is C9H15N3O2S. The van der Waals surface area contributed by atoms with E-state index in [0.29, 0.717) is 6.54 Å². The summed E-state index contributed by atoms with van der Waals surface area (Å²) in [4.78, 5) is 0. The van der Waals surface area contributed by atoms with E-state index in [1.54, 1.807) is 17.4 Å². The molecule has 0 spiro atoms. The minimum absolute atomic E-state index is 0.0440. The third-order valence-electron chi connectivity index (χ3n) is 2.81. The number of nitrogens with zero attached hydrogens (tertiary/aromatic N) is 2. The van der Waals surface area contributed by atoms with Crippen LogP contribution in [0.1, 0.15) is 31.5 Å². The van der Waals surface area contributed by atoms with E-state index in [9.17, 15) is 8.42 Å². The molecule has 15 heavy (non-hydrogen) atoms. The lowest BCUT2D eigenvalue weighted by Crippen LogP contribution is -2.32. The molecule has 5 nitrogen and oxygen atoms in total. The molecule has 84 valence electrons. The van der Waals surface area contributed by atoms with Gasteiger partial charge in [0.15, 0.2) is 0 Å². The largest absolute Gasteiger partial charge is 0.281 e. The zero-order valence-corrected chi connectivity index (χ0v) is 9.50. The van der Waals surface area contributed by atoms with Crippen LogP contribution in [-0.4, -0.2) is 35.2 Å². The molecule has 1 aromatic rings. The summed E-state index contributed by atoms with van der Waals surface area (Å²) in [6.45, 7) is 2.30. The molecule has 0 aliphatic carbocycles. The molecule has 1 aromatic heterocycles. The Labute approximate surface area is 89.5 Å². The lowest BCUT2D eigenvalue weighted by Gasteiger charge is -2.22. The van der Waals surface area contributed by atoms with Gasteiger partial charge < -0.3 is 0 Å². The van der Waals surface area contributed by atoms with Crippen molar-refractivity contribution in [2.24, 2.45) is 0 Å². The fraction of sp³-hybridized carbons (Fsp3) is 0.667. The number of hydrogen-bond acceptors (Lipinski definition) is 3. The molecule has 1 aliphatic rings. The summed E-state index contributed by atoms with van der Waals surface area (Å²) in [5, 5.41) is 6.71. The van der Waals surface area contributed by atoms with Crippen molar-refractivity contribution in [3.8, 4) is 0 Å². The van der Waals surface area contributed by atoms with E-state index in [1.807, 2.05) is 6.07 Å². The molecule has 0 amide bonds. The second kappa shape index (κ2) is 3.94. The average molecular weight is 229 g/mol. The number of H-pyrrole nitrogens is 1. The van der Waals surface area contributed by atoms with Crippen molar-refractivity contribution < 1.29 is 8.42 Å². The SMILES string of the molecule is CCS(=O)(=O)N1CCCC1c1ccn[nH]1. The fourth-order valence-electron chi connectivity index (χ4n) is 2.00. The van der Waals surface area contributed by atoms with Crippen molar-refractivity contribution in [3.05, 3.63) is 18.0 Å². The van der Waals surface area contributed by atoms with Gasteiger partial charge in [0.05, 0.1) is 17.5 Å². The summed E-state index contributed by atoms with van der Waals surface area (Å²) in [5.74, 6) is 0.164. The van der Waals surface area contributed by atoms with Crippen molar-refractivity contribution in [1.82, 2.24) is 14.5 Å². The number of hydrogen-bond donors (Lipinski definition) is 1. The Balaban J connectivity index is 2.27. The fourth-order valence-corrected chi connectivity index (χ4v) is 3.35. The molecule has 1 saturated heterocycles. The molecule has 1 aliphatic heterocycles. The topological polar surface area (TPSA) is 66.1 Å². The summed E-state index contributed by atoms with van der Waals surface area (Å²) < 4.78 is 25.2. The van der Waals surface area contributed by atoms with Gasteiger partial charge in [-0.1, -0.05) is 0 Å². The van der Waals surface area contributed by atoms with Crippen LogP contribution in [0.3, 0.4) is 0 Å². The average Bonchev–Trinajstić information content (AvgIpc) is 2.87. The number of rotatable bonds is 3. The Kier molecular flexibility index (Phi) is 2.79. The Morgan fingerprint density at radius 1 is 1.67 bits per heavy atom. The lowest BCUT2D eigenvalue weighted by molar-refractivity contribution is 0.391. The minimum atomic E-state index is -3.09. The number of aromatic nitrogens is 2. The molecule has 0 aromatic carbocycles. The van der Waals surface area contributed by atoms with Crippen LogP contribution in [-0.2, 0) is 10.0 Å². The molecular weight excluding hydrogens is 214 g/mol. The van der Waals surface area contributed by atoms with Crippen molar-refractivity contribution in [2.45, 2.75) is 25.8 Å². The summed E-state index contributed by atoms with van der Waals surface area (Å²) in [7, 11) is -3.09. The maximum Gasteiger partial charge on any atom is 0.214 e. The third-order valence-corrected chi connectivity index (χ3v) is 4.69. The van der Waals surface area contributed by atoms with Crippen LogP contribution < -0.4 is 0 Å². The van der Waals surface area contributed by atoms with E-state index < -0.39 is 10.0 Å². The standard InChI is InChI=1S/C9H15N3O2S/c1-2-15(13,14)12-7-3-4-9(12)8-5-6-10-11-8/h5-6,9H,2-4,7H2,1H3,(H,10,11). The summed E-state index contributed by atoms with van der Waals surface area (Å²) in [6.07, 6.45) is 3.45. The first-order chi connectivity index (χ1) is 7.15. The van der Waals surface area contributed by atoms with Crippen molar-refractivity contribution in [2.75, 3.05) is 12.3 Å². The number of nitrogens with one attached hydrogen (secondary N) is 1. The highest BCUT2D eigenvalue weighted by Crippen LogP contribution is 2.32. The summed E-state index contributed by atoms with van der Waals surface area (Å²) in [5.41, 5.74) is 0.893. The van der Waals surface area contributed by atoms with Crippen LogP contribution in [0, 0.1) is 0 Å². The molecule has 0 radical (unpaired) electrons. The highest BCUT2D eigenvalue weighted by atomic mass is 32.2. The quantitative estimate of drug-likeness (QED) is 0.837. The van der Waals surface area contributed by atoms with Crippen LogP contribution in [0.2, 0.25) is 0 Å². The van der Waals surface area contributed by atoms with E-state index in [0.717, 1.165) is 18.5 Å². The van der Waals surface area contributed by atoms with Gasteiger partial charge in [-0.2, -0.15) is 9.40 Å². The van der Waals surface area contributed by atoms with Gasteiger partial charge in [0.25, 0.3) is 0 Å². The van der Waals surface area contributed by atoms with E-state index >= 15 is 0 Å². The van der Waals surface area contributed by atoms with Gasteiger partial charge in [-0.25, -0.2) is 8.42 Å². The molecule has 2 heterocycles. The molecule has 0 bridgehead atoms. The van der Waals surface area contributed by atoms with Crippen LogP contribution in [0.5, 0.6) is 0 Å². The normalized spacial score (nSPS) is 23.4. The Morgan fingerprint density at radius 3 is 3.07 bits per heavy atom. The van der Waals surface area contributed by atoms with Crippen LogP contribution in [0.4, 0.5) is 0 Å². The van der Waals surface area contributed by atoms with Gasteiger partial charge in [-0.15, -0.1) is 0 Å². The minimum Gasteiger partial charge on any atom is -0.281 e. The Hall–Kier alpha value is -0.880. The van der Waals surface area contributed by atoms with Gasteiger partial charge in [0.2, 0.25) is 10.0 Å². The van der Waals surface area contributed by atoms with Crippen LogP contribution >= 0.6 is 0 Å². The van der Waals surface area contributed by atoms with Gasteiger partial charge in [0, 0.05) is 12.7 Å². The lowest BCUT2D eigenvalue weighted by atomic mass is 10.2. The number of sulfonamides is 1. The first kappa shape index (κ1) is 10.6. The molecule has 0 saturated carbocycles. The first-order valence-electron chi connectivity index (χ1n) is 5.14. The maximum atomic E-state index is 11.8. The first-order valence-corrected chi connectivity index (χ1v) is 6.75. The monoisotopic (exact) mass is 229 g/mol. The van der Waals surface area contributed by atoms with Crippen LogP contribution in [0.25, 0.3) is 0 Å². The van der Waals surface area contributed by atoms with Gasteiger partial charge in [0.1, 0.15) is 0 Å². The van der Waals surface area contributed by atoms with Crippen molar-refractivity contribution in [3.63, 3.8) is 0 Å². The van der Waals surface area contributed by atoms with Gasteiger partial charge in [-0.05, 0) is 25.8 Å². The smallest absolute Gasteiger partial charge is 0.214 e. The second-order valence-electron chi connectivity index (χ2n) is 3.68. The molecule has 6 heteroatoms. The van der Waals surface area contributed by atoms with Crippen LogP contribution in [0.15, 0.2) is 12.3 Å². The molecule has 1 N–H and O–H groups in total. The zero-order valence-electron chi connectivity index (χ0n) is 8.68. The predicted molar refractivity (Wildman–Crippen MR) is 56.7 cm³/mol. The molecule has 1 atom stereocenters. The van der Waals surface area contributed by atoms with E-state index in [1.165, 1.54) is 0 Å².